The van der Waals surface area contributed by atoms with Gasteiger partial charge >= 0.3 is 0 Å². The van der Waals surface area contributed by atoms with Crippen molar-refractivity contribution >= 4 is 36.5 Å². The van der Waals surface area contributed by atoms with Gasteiger partial charge in [0.05, 0.1) is 9.79 Å². The average molecular weight is 325 g/mol. The van der Waals surface area contributed by atoms with Crippen molar-refractivity contribution in [3.8, 4) is 0 Å². The van der Waals surface area contributed by atoms with Gasteiger partial charge in [0.15, 0.2) is 19.7 Å². The van der Waals surface area contributed by atoms with E-state index in [1.807, 2.05) is 0 Å². The predicted octanol–water partition coefficient (Wildman–Crippen LogP) is 1.44. The fourth-order valence-electron chi connectivity index (χ4n) is 1.66. The summed E-state index contributed by atoms with van der Waals surface area (Å²) in [6.07, 6.45) is 2.16. The van der Waals surface area contributed by atoms with E-state index in [0.717, 1.165) is 18.6 Å². The van der Waals surface area contributed by atoms with Crippen molar-refractivity contribution in [2.75, 3.05) is 12.5 Å². The maximum atomic E-state index is 11.7. The summed E-state index contributed by atoms with van der Waals surface area (Å²) in [6, 6.07) is 2.22. The molecule has 0 aliphatic rings. The number of carbonyl (C=O) groups is 1. The highest BCUT2D eigenvalue weighted by Crippen LogP contribution is 2.26. The minimum atomic E-state index is -3.79. The van der Waals surface area contributed by atoms with Crippen LogP contribution in [-0.2, 0) is 26.1 Å². The van der Waals surface area contributed by atoms with Gasteiger partial charge in [0.1, 0.15) is 0 Å². The van der Waals surface area contributed by atoms with E-state index in [4.69, 9.17) is 11.6 Å². The Bertz CT molecular complexity index is 733. The maximum Gasteiger partial charge on any atom is 0.252 e. The zero-order valence-corrected chi connectivity index (χ0v) is 13.0. The van der Waals surface area contributed by atoms with Gasteiger partial charge < -0.3 is 0 Å². The number of rotatable bonds is 4. The highest BCUT2D eigenvalue weighted by molar-refractivity contribution is 7.93. The predicted molar refractivity (Wildman–Crippen MR) is 72.2 cm³/mol. The molecule has 0 unspecified atom stereocenters. The number of sulfone groups is 2. The summed E-state index contributed by atoms with van der Waals surface area (Å²) < 4.78 is 46.6. The summed E-state index contributed by atoms with van der Waals surface area (Å²) in [6.45, 7) is 1.71. The van der Waals surface area contributed by atoms with Crippen LogP contribution in [0.5, 0.6) is 0 Å². The molecule has 0 fully saturated rings. The Morgan fingerprint density at radius 3 is 1.79 bits per heavy atom. The molecule has 0 spiro atoms. The molecule has 0 aromatic heterocycles. The van der Waals surface area contributed by atoms with E-state index < -0.39 is 29.8 Å². The molecular formula is C11H13ClO5S2. The molecule has 0 saturated carbocycles. The van der Waals surface area contributed by atoms with Crippen molar-refractivity contribution in [3.05, 3.63) is 23.3 Å². The zero-order chi connectivity index (χ0) is 15.0. The molecule has 0 N–H and O–H groups in total. The van der Waals surface area contributed by atoms with E-state index in [1.54, 1.807) is 6.92 Å². The standard InChI is InChI=1S/C11H13ClO5S2/c1-4-7-5-9(18(2,14)15)10(19(3,16)17)6-8(7)11(12)13/h5-6H,4H2,1-3H3. The first-order valence-electron chi connectivity index (χ1n) is 5.25. The first-order chi connectivity index (χ1) is 8.48. The SMILES string of the molecule is CCc1cc(S(C)(=O)=O)c(S(C)(=O)=O)cc1C(=O)Cl. The second-order valence-electron chi connectivity index (χ2n) is 4.13. The van der Waals surface area contributed by atoms with Crippen molar-refractivity contribution in [3.63, 3.8) is 0 Å². The normalized spacial score (nSPS) is 12.4. The summed E-state index contributed by atoms with van der Waals surface area (Å²) in [5, 5.41) is -0.818. The van der Waals surface area contributed by atoms with Crippen molar-refractivity contribution in [2.24, 2.45) is 0 Å². The molecule has 19 heavy (non-hydrogen) atoms. The molecule has 8 heteroatoms. The number of hydrogen-bond acceptors (Lipinski definition) is 5. The van der Waals surface area contributed by atoms with E-state index >= 15 is 0 Å². The Morgan fingerprint density at radius 1 is 1.05 bits per heavy atom. The van der Waals surface area contributed by atoms with Crippen LogP contribution in [0.4, 0.5) is 0 Å². The van der Waals surface area contributed by atoms with Crippen LogP contribution in [0.25, 0.3) is 0 Å². The molecule has 5 nitrogen and oxygen atoms in total. The van der Waals surface area contributed by atoms with Gasteiger partial charge in [-0.25, -0.2) is 16.8 Å². The summed E-state index contributed by atoms with van der Waals surface area (Å²) in [4.78, 5) is 10.6. The fraction of sp³-hybridized carbons (Fsp3) is 0.364. The van der Waals surface area contributed by atoms with Crippen LogP contribution in [-0.4, -0.2) is 34.6 Å². The second-order valence-corrected chi connectivity index (χ2v) is 8.44. The van der Waals surface area contributed by atoms with Gasteiger partial charge in [-0.3, -0.25) is 4.79 Å². The van der Waals surface area contributed by atoms with Crippen LogP contribution in [0.1, 0.15) is 22.8 Å². The molecule has 0 bridgehead atoms. The third kappa shape index (κ3) is 3.55. The Kier molecular flexibility index (Phi) is 4.44. The first-order valence-corrected chi connectivity index (χ1v) is 9.41. The van der Waals surface area contributed by atoms with E-state index in [0.29, 0.717) is 12.0 Å². The topological polar surface area (TPSA) is 85.3 Å². The van der Waals surface area contributed by atoms with Crippen LogP contribution in [0.2, 0.25) is 0 Å². The molecule has 0 heterocycles. The minimum Gasteiger partial charge on any atom is -0.276 e. The second kappa shape index (κ2) is 5.22. The quantitative estimate of drug-likeness (QED) is 0.782. The summed E-state index contributed by atoms with van der Waals surface area (Å²) in [5.41, 5.74) is 0.407. The van der Waals surface area contributed by atoms with E-state index in [1.165, 1.54) is 6.07 Å². The lowest BCUT2D eigenvalue weighted by atomic mass is 10.1. The Hall–Kier alpha value is -0.920. The van der Waals surface area contributed by atoms with Crippen molar-refractivity contribution < 1.29 is 21.6 Å². The molecule has 0 saturated heterocycles. The zero-order valence-electron chi connectivity index (χ0n) is 10.6. The Balaban J connectivity index is 3.89. The van der Waals surface area contributed by atoms with Gasteiger partial charge in [-0.05, 0) is 35.7 Å². The van der Waals surface area contributed by atoms with Gasteiger partial charge in [0, 0.05) is 18.1 Å². The molecule has 0 radical (unpaired) electrons. The first kappa shape index (κ1) is 16.1. The summed E-state index contributed by atoms with van der Waals surface area (Å²) in [7, 11) is -7.51. The smallest absolute Gasteiger partial charge is 0.252 e. The Morgan fingerprint density at radius 2 is 1.47 bits per heavy atom. The molecule has 1 rings (SSSR count). The van der Waals surface area contributed by atoms with Gasteiger partial charge in [-0.1, -0.05) is 6.92 Å². The molecular weight excluding hydrogens is 312 g/mol. The molecule has 0 aliphatic heterocycles. The van der Waals surface area contributed by atoms with Gasteiger partial charge in [-0.15, -0.1) is 0 Å². The number of halogens is 1. The van der Waals surface area contributed by atoms with Crippen LogP contribution in [0, 0.1) is 0 Å². The number of benzene rings is 1. The highest BCUT2D eigenvalue weighted by atomic mass is 35.5. The van der Waals surface area contributed by atoms with Crippen LogP contribution in [0.3, 0.4) is 0 Å². The van der Waals surface area contributed by atoms with Crippen LogP contribution >= 0.6 is 11.6 Å². The van der Waals surface area contributed by atoms with Crippen molar-refractivity contribution in [1.29, 1.82) is 0 Å². The van der Waals surface area contributed by atoms with Gasteiger partial charge in [0.2, 0.25) is 0 Å². The lowest BCUT2D eigenvalue weighted by Crippen LogP contribution is -2.11. The number of hydrogen-bond donors (Lipinski definition) is 0. The molecule has 0 amide bonds. The lowest BCUT2D eigenvalue weighted by Gasteiger charge is -2.11. The monoisotopic (exact) mass is 324 g/mol. The number of aryl methyl sites for hydroxylation is 1. The Labute approximate surface area is 117 Å². The van der Waals surface area contributed by atoms with Gasteiger partial charge in [-0.2, -0.15) is 0 Å². The largest absolute Gasteiger partial charge is 0.276 e. The molecule has 0 aliphatic carbocycles. The van der Waals surface area contributed by atoms with Gasteiger partial charge in [0.25, 0.3) is 5.24 Å². The number of carbonyl (C=O) groups excluding carboxylic acids is 1. The highest BCUT2D eigenvalue weighted by Gasteiger charge is 2.24. The van der Waals surface area contributed by atoms with Crippen LogP contribution < -0.4 is 0 Å². The fourth-order valence-corrected chi connectivity index (χ4v) is 4.28. The van der Waals surface area contributed by atoms with Crippen molar-refractivity contribution in [1.82, 2.24) is 0 Å². The maximum absolute atomic E-state index is 11.7. The minimum absolute atomic E-state index is 0.0111. The summed E-state index contributed by atoms with van der Waals surface area (Å²) in [5.74, 6) is 0. The molecule has 1 aromatic rings. The third-order valence-corrected chi connectivity index (χ3v) is 5.17. The molecule has 0 atom stereocenters. The summed E-state index contributed by atoms with van der Waals surface area (Å²) >= 11 is 5.39. The van der Waals surface area contributed by atoms with E-state index in [9.17, 15) is 21.6 Å². The lowest BCUT2D eigenvalue weighted by molar-refractivity contribution is 0.108. The van der Waals surface area contributed by atoms with Crippen molar-refractivity contribution in [2.45, 2.75) is 23.1 Å². The molecule has 1 aromatic carbocycles. The van der Waals surface area contributed by atoms with Crippen LogP contribution in [0.15, 0.2) is 21.9 Å². The third-order valence-electron chi connectivity index (χ3n) is 2.56. The van der Waals surface area contributed by atoms with E-state index in [2.05, 4.69) is 0 Å². The van der Waals surface area contributed by atoms with E-state index in [-0.39, 0.29) is 10.5 Å². The average Bonchev–Trinajstić information content (AvgIpc) is 2.24. The molecule has 106 valence electrons.